The first-order valence-corrected chi connectivity index (χ1v) is 8.18. The van der Waals surface area contributed by atoms with Crippen LogP contribution in [0.25, 0.3) is 0 Å². The summed E-state index contributed by atoms with van der Waals surface area (Å²) in [5.41, 5.74) is 1.54. The minimum atomic E-state index is -0.443. The van der Waals surface area contributed by atoms with Gasteiger partial charge in [-0.2, -0.15) is 0 Å². The van der Waals surface area contributed by atoms with Gasteiger partial charge in [-0.05, 0) is 41.6 Å². The van der Waals surface area contributed by atoms with Crippen LogP contribution in [-0.4, -0.2) is 11.1 Å². The third-order valence-electron chi connectivity index (χ3n) is 2.65. The average molecular weight is 365 g/mol. The van der Waals surface area contributed by atoms with Crippen LogP contribution in [0.1, 0.15) is 22.8 Å². The van der Waals surface area contributed by atoms with Gasteiger partial charge in [0.05, 0.1) is 5.56 Å². The SMILES string of the molecule is CC(=O)Oc1ccccc1C(=O)Sc1ccc(CBr)cc1. The molecule has 0 saturated heterocycles. The van der Waals surface area contributed by atoms with E-state index in [4.69, 9.17) is 4.74 Å². The monoisotopic (exact) mass is 364 g/mol. The van der Waals surface area contributed by atoms with Crippen molar-refractivity contribution in [1.29, 1.82) is 0 Å². The largest absolute Gasteiger partial charge is 0.426 e. The molecule has 3 nitrogen and oxygen atoms in total. The van der Waals surface area contributed by atoms with Crippen molar-refractivity contribution in [3.05, 3.63) is 59.7 Å². The van der Waals surface area contributed by atoms with Crippen molar-refractivity contribution in [3.63, 3.8) is 0 Å². The lowest BCUT2D eigenvalue weighted by Crippen LogP contribution is -2.06. The number of hydrogen-bond acceptors (Lipinski definition) is 4. The van der Waals surface area contributed by atoms with Gasteiger partial charge < -0.3 is 4.74 Å². The fraction of sp³-hybridized carbons (Fsp3) is 0.125. The van der Waals surface area contributed by atoms with Crippen molar-refractivity contribution in [3.8, 4) is 5.75 Å². The lowest BCUT2D eigenvalue weighted by molar-refractivity contribution is -0.131. The molecular formula is C16H13BrO3S. The zero-order chi connectivity index (χ0) is 15.2. The van der Waals surface area contributed by atoms with Crippen LogP contribution in [0, 0.1) is 0 Å². The number of carbonyl (C=O) groups is 2. The Kier molecular flexibility index (Phi) is 5.59. The van der Waals surface area contributed by atoms with Crippen LogP contribution < -0.4 is 4.74 Å². The Balaban J connectivity index is 2.17. The summed E-state index contributed by atoms with van der Waals surface area (Å²) in [7, 11) is 0. The maximum atomic E-state index is 12.3. The molecule has 0 spiro atoms. The molecule has 0 saturated carbocycles. The fourth-order valence-corrected chi connectivity index (χ4v) is 2.83. The molecule has 21 heavy (non-hydrogen) atoms. The molecule has 0 aliphatic heterocycles. The highest BCUT2D eigenvalue weighted by Gasteiger charge is 2.14. The number of halogens is 1. The number of rotatable bonds is 4. The van der Waals surface area contributed by atoms with E-state index in [9.17, 15) is 9.59 Å². The van der Waals surface area contributed by atoms with E-state index >= 15 is 0 Å². The van der Waals surface area contributed by atoms with Crippen molar-refractivity contribution in [2.24, 2.45) is 0 Å². The molecule has 2 aromatic rings. The molecule has 0 N–H and O–H groups in total. The highest BCUT2D eigenvalue weighted by molar-refractivity contribution is 9.08. The van der Waals surface area contributed by atoms with E-state index in [1.165, 1.54) is 6.92 Å². The van der Waals surface area contributed by atoms with Crippen LogP contribution in [0.15, 0.2) is 53.4 Å². The first-order chi connectivity index (χ1) is 10.1. The summed E-state index contributed by atoms with van der Waals surface area (Å²) in [5, 5.41) is 0.625. The summed E-state index contributed by atoms with van der Waals surface area (Å²) in [4.78, 5) is 24.3. The first kappa shape index (κ1) is 15.8. The Morgan fingerprint density at radius 3 is 2.38 bits per heavy atom. The van der Waals surface area contributed by atoms with Crippen molar-refractivity contribution in [1.82, 2.24) is 0 Å². The topological polar surface area (TPSA) is 43.4 Å². The van der Waals surface area contributed by atoms with E-state index in [1.54, 1.807) is 24.3 Å². The van der Waals surface area contributed by atoms with Gasteiger partial charge in [-0.3, -0.25) is 9.59 Å². The molecule has 0 atom stereocenters. The average Bonchev–Trinajstić information content (AvgIpc) is 2.48. The van der Waals surface area contributed by atoms with Gasteiger partial charge in [0.25, 0.3) is 0 Å². The maximum absolute atomic E-state index is 12.3. The van der Waals surface area contributed by atoms with Crippen LogP contribution in [0.5, 0.6) is 5.75 Å². The minimum absolute atomic E-state index is 0.154. The second kappa shape index (κ2) is 7.43. The smallest absolute Gasteiger partial charge is 0.308 e. The van der Waals surface area contributed by atoms with Crippen LogP contribution in [0.4, 0.5) is 0 Å². The third kappa shape index (κ3) is 4.44. The van der Waals surface area contributed by atoms with Crippen LogP contribution in [0.2, 0.25) is 0 Å². The summed E-state index contributed by atoms with van der Waals surface area (Å²) >= 11 is 4.49. The van der Waals surface area contributed by atoms with Crippen LogP contribution >= 0.6 is 27.7 Å². The van der Waals surface area contributed by atoms with Gasteiger partial charge >= 0.3 is 5.97 Å². The summed E-state index contributed by atoms with van der Waals surface area (Å²) in [6, 6.07) is 14.5. The van der Waals surface area contributed by atoms with E-state index in [-0.39, 0.29) is 5.12 Å². The fourth-order valence-electron chi connectivity index (χ4n) is 1.69. The van der Waals surface area contributed by atoms with Gasteiger partial charge in [-0.15, -0.1) is 0 Å². The number of alkyl halides is 1. The molecule has 0 heterocycles. The predicted molar refractivity (Wildman–Crippen MR) is 87.0 cm³/mol. The van der Waals surface area contributed by atoms with Gasteiger partial charge in [0.15, 0.2) is 0 Å². The first-order valence-electron chi connectivity index (χ1n) is 6.24. The van der Waals surface area contributed by atoms with E-state index in [2.05, 4.69) is 15.9 Å². The zero-order valence-electron chi connectivity index (χ0n) is 11.3. The Morgan fingerprint density at radius 2 is 1.76 bits per heavy atom. The molecule has 108 valence electrons. The van der Waals surface area contributed by atoms with Crippen molar-refractivity contribution in [2.45, 2.75) is 17.1 Å². The number of thioether (sulfide) groups is 1. The van der Waals surface area contributed by atoms with Gasteiger partial charge in [0.1, 0.15) is 5.75 Å². The van der Waals surface area contributed by atoms with Gasteiger partial charge in [0, 0.05) is 17.1 Å². The maximum Gasteiger partial charge on any atom is 0.308 e. The molecule has 0 aromatic heterocycles. The molecule has 0 unspecified atom stereocenters. The standard InChI is InChI=1S/C16H13BrO3S/c1-11(18)20-15-5-3-2-4-14(15)16(19)21-13-8-6-12(10-17)7-9-13/h2-9H,10H2,1H3. The Morgan fingerprint density at radius 1 is 1.10 bits per heavy atom. The van der Waals surface area contributed by atoms with Crippen LogP contribution in [-0.2, 0) is 10.1 Å². The quantitative estimate of drug-likeness (QED) is 0.348. The van der Waals surface area contributed by atoms with Crippen molar-refractivity contribution >= 4 is 38.8 Å². The molecule has 2 aromatic carbocycles. The number of ether oxygens (including phenoxy) is 1. The summed E-state index contributed by atoms with van der Waals surface area (Å²) in [6.45, 7) is 1.31. The molecule has 0 amide bonds. The molecule has 0 aliphatic carbocycles. The molecular weight excluding hydrogens is 352 g/mol. The number of esters is 1. The van der Waals surface area contributed by atoms with Gasteiger partial charge in [-0.25, -0.2) is 0 Å². The third-order valence-corrected chi connectivity index (χ3v) is 4.21. The second-order valence-corrected chi connectivity index (χ2v) is 5.86. The zero-order valence-corrected chi connectivity index (χ0v) is 13.7. The van der Waals surface area contributed by atoms with E-state index in [1.807, 2.05) is 24.3 Å². The highest BCUT2D eigenvalue weighted by Crippen LogP contribution is 2.28. The Labute approximate surface area is 135 Å². The second-order valence-electron chi connectivity index (χ2n) is 4.26. The predicted octanol–water partition coefficient (Wildman–Crippen LogP) is 4.44. The molecule has 0 fully saturated rings. The molecule has 0 aliphatic rings. The van der Waals surface area contributed by atoms with E-state index in [0.29, 0.717) is 11.3 Å². The van der Waals surface area contributed by atoms with E-state index in [0.717, 1.165) is 27.6 Å². The lowest BCUT2D eigenvalue weighted by Gasteiger charge is -2.07. The number of para-hydroxylation sites is 1. The number of benzene rings is 2. The van der Waals surface area contributed by atoms with Gasteiger partial charge in [-0.1, -0.05) is 40.2 Å². The minimum Gasteiger partial charge on any atom is -0.426 e. The lowest BCUT2D eigenvalue weighted by atomic mass is 10.2. The normalized spacial score (nSPS) is 10.2. The Hall–Kier alpha value is -1.59. The van der Waals surface area contributed by atoms with Crippen molar-refractivity contribution in [2.75, 3.05) is 0 Å². The van der Waals surface area contributed by atoms with Gasteiger partial charge in [0.2, 0.25) is 5.12 Å². The Bertz CT molecular complexity index is 653. The molecule has 0 bridgehead atoms. The van der Waals surface area contributed by atoms with Crippen LogP contribution in [0.3, 0.4) is 0 Å². The summed E-state index contributed by atoms with van der Waals surface area (Å²) < 4.78 is 5.06. The van der Waals surface area contributed by atoms with Crippen molar-refractivity contribution < 1.29 is 14.3 Å². The highest BCUT2D eigenvalue weighted by atomic mass is 79.9. The summed E-state index contributed by atoms with van der Waals surface area (Å²) in [5.74, 6) is -0.151. The number of hydrogen-bond donors (Lipinski definition) is 0. The summed E-state index contributed by atoms with van der Waals surface area (Å²) in [6.07, 6.45) is 0. The van der Waals surface area contributed by atoms with E-state index < -0.39 is 5.97 Å². The molecule has 5 heteroatoms. The molecule has 2 rings (SSSR count). The number of carbonyl (C=O) groups excluding carboxylic acids is 2. The molecule has 0 radical (unpaired) electrons.